The number of aliphatic hydroxyl groups excluding tert-OH is 4. The van der Waals surface area contributed by atoms with E-state index in [9.17, 15) is 90.7 Å². The first-order chi connectivity index (χ1) is 57.7. The van der Waals surface area contributed by atoms with Gasteiger partial charge in [0.25, 0.3) is 0 Å². The van der Waals surface area contributed by atoms with Crippen molar-refractivity contribution in [1.82, 2.24) is 18.3 Å². The van der Waals surface area contributed by atoms with Gasteiger partial charge in [0.05, 0.1) is 78.6 Å². The molecule has 0 saturated carbocycles. The molecule has 622 valence electrons. The summed E-state index contributed by atoms with van der Waals surface area (Å²) in [5.74, 6) is -0.117. The molecule has 0 bridgehead atoms. The van der Waals surface area contributed by atoms with Gasteiger partial charge in [-0.05, 0) is 166 Å². The summed E-state index contributed by atoms with van der Waals surface area (Å²) in [6, 6.07) is 76.9. The van der Waals surface area contributed by atoms with Gasteiger partial charge in [0.1, 0.15) is 17.3 Å². The highest BCUT2D eigenvalue weighted by molar-refractivity contribution is 9.10. The summed E-state index contributed by atoms with van der Waals surface area (Å²) in [6.07, 6.45) is -22.8. The SMILES string of the molecule is COc1cccc(Cn2c(CO)c(-c3ccccc3)c3cc(C(F)(F)F)ccc32)c1.OCc1c(-c2ccccc2)c2cc(C(F)(F)F)ccc2n1Cc1cccc(Br)c1.OCc1c(-c2ccccc2)c2cc(C(F)(F)F)ccc2n1Cc1cccc(F)c1.OCc1c(-c2ccccc2)c2cc(C(F)(F)F)ccc2n1Cc1cccc(OC(F)(F)F)c1. The smallest absolute Gasteiger partial charge is 0.497 e. The summed E-state index contributed by atoms with van der Waals surface area (Å²) in [4.78, 5) is 0. The van der Waals surface area contributed by atoms with E-state index < -0.39 is 71.5 Å². The largest absolute Gasteiger partial charge is 0.573 e. The zero-order valence-electron chi connectivity index (χ0n) is 63.7. The molecule has 4 N–H and O–H groups in total. The van der Waals surface area contributed by atoms with E-state index in [2.05, 4.69) is 20.7 Å². The fourth-order valence-corrected chi connectivity index (χ4v) is 15.5. The van der Waals surface area contributed by atoms with E-state index in [0.29, 0.717) is 124 Å². The van der Waals surface area contributed by atoms with Crippen molar-refractivity contribution in [1.29, 1.82) is 0 Å². The summed E-state index contributed by atoms with van der Waals surface area (Å²) in [5.41, 5.74) is 9.25. The Morgan fingerprint density at radius 1 is 0.289 bits per heavy atom. The molecule has 0 aliphatic carbocycles. The van der Waals surface area contributed by atoms with Gasteiger partial charge in [-0.3, -0.25) is 0 Å². The Labute approximate surface area is 690 Å². The molecule has 27 heteroatoms. The van der Waals surface area contributed by atoms with Gasteiger partial charge in [-0.2, -0.15) is 52.7 Å². The lowest BCUT2D eigenvalue weighted by atomic mass is 10.0. The van der Waals surface area contributed by atoms with Crippen molar-refractivity contribution in [2.24, 2.45) is 0 Å². The van der Waals surface area contributed by atoms with Crippen molar-refractivity contribution in [3.63, 3.8) is 0 Å². The minimum Gasteiger partial charge on any atom is -0.497 e. The van der Waals surface area contributed by atoms with Crippen molar-refractivity contribution in [3.05, 3.63) is 369 Å². The van der Waals surface area contributed by atoms with Crippen LogP contribution in [0.5, 0.6) is 11.5 Å². The predicted octanol–water partition coefficient (Wildman–Crippen LogP) is 25.3. The van der Waals surface area contributed by atoms with Crippen LogP contribution in [0.3, 0.4) is 0 Å². The monoisotopic (exact) mass is 1730 g/mol. The van der Waals surface area contributed by atoms with Gasteiger partial charge >= 0.3 is 31.1 Å². The van der Waals surface area contributed by atoms with E-state index in [1.165, 1.54) is 60.7 Å². The summed E-state index contributed by atoms with van der Waals surface area (Å²) < 4.78 is 229. The standard InChI is InChI=1S/C24H17F6NO2.C24H20F3NO2.C23H17BrF3NO.C23H17F4NO/c25-23(26,27)17-9-10-20-19(12-17)22(16-6-2-1-3-7-16)21(14-32)31(20)13-15-5-4-8-18(11-15)33-24(28,29)30;1-30-19-9-5-6-16(12-19)14-28-21-11-10-18(24(25,26)27)13-20(21)23(22(28)15-29)17-7-3-2-4-8-17;2*24-18-8-4-5-15(11-18)13-28-20-10-9-17(23(25,26)27)12-19(20)22(21(28)14-29)16-6-2-1-3-7-16/h1-12,32H,13-14H2;2-13,29H,14-15H2,1H3;2*1-12,29H,13-14H2. The third kappa shape index (κ3) is 19.7. The Bertz CT molecular complexity index is 6130. The summed E-state index contributed by atoms with van der Waals surface area (Å²) >= 11 is 3.45. The molecule has 4 heterocycles. The van der Waals surface area contributed by atoms with Crippen LogP contribution in [0.1, 0.15) is 67.3 Å². The first-order valence-corrected chi connectivity index (χ1v) is 38.1. The first kappa shape index (κ1) is 86.4. The zero-order valence-corrected chi connectivity index (χ0v) is 65.3. The molecule has 10 nitrogen and oxygen atoms in total. The van der Waals surface area contributed by atoms with Crippen LogP contribution in [0.4, 0.5) is 70.2 Å². The minimum atomic E-state index is -4.86. The van der Waals surface area contributed by atoms with Crippen LogP contribution in [0.15, 0.2) is 296 Å². The summed E-state index contributed by atoms with van der Waals surface area (Å²) in [6.45, 7) is -0.374. The lowest BCUT2D eigenvalue weighted by molar-refractivity contribution is -0.274. The molecule has 16 aromatic rings. The Morgan fingerprint density at radius 2 is 0.554 bits per heavy atom. The van der Waals surface area contributed by atoms with E-state index in [1.54, 1.807) is 89.0 Å². The fourth-order valence-electron chi connectivity index (χ4n) is 15.0. The average Bonchev–Trinajstić information content (AvgIpc) is 1.62. The Hall–Kier alpha value is -12.4. The molecule has 12 aromatic carbocycles. The molecule has 0 unspecified atom stereocenters. The van der Waals surface area contributed by atoms with Crippen LogP contribution < -0.4 is 9.47 Å². The number of benzene rings is 12. The van der Waals surface area contributed by atoms with E-state index in [-0.39, 0.29) is 38.3 Å². The third-order valence-electron chi connectivity index (χ3n) is 20.2. The number of hydrogen-bond donors (Lipinski definition) is 4. The molecule has 0 fully saturated rings. The molecule has 0 aliphatic heterocycles. The number of ether oxygens (including phenoxy) is 2. The molecule has 121 heavy (non-hydrogen) atoms. The van der Waals surface area contributed by atoms with Crippen molar-refractivity contribution in [2.45, 2.75) is 83.7 Å². The highest BCUT2D eigenvalue weighted by Crippen LogP contribution is 2.46. The average molecular weight is 1740 g/mol. The van der Waals surface area contributed by atoms with E-state index in [1.807, 2.05) is 124 Å². The second-order valence-corrected chi connectivity index (χ2v) is 28.9. The van der Waals surface area contributed by atoms with E-state index >= 15 is 0 Å². The first-order valence-electron chi connectivity index (χ1n) is 37.3. The summed E-state index contributed by atoms with van der Waals surface area (Å²) in [7, 11) is 1.58. The summed E-state index contributed by atoms with van der Waals surface area (Å²) in [5, 5.41) is 42.3. The van der Waals surface area contributed by atoms with Crippen LogP contribution in [0.25, 0.3) is 88.1 Å². The van der Waals surface area contributed by atoms with Gasteiger partial charge in [-0.25, -0.2) is 4.39 Å². The van der Waals surface area contributed by atoms with Crippen LogP contribution >= 0.6 is 15.9 Å². The van der Waals surface area contributed by atoms with Crippen molar-refractivity contribution in [3.8, 4) is 56.0 Å². The molecule has 0 aliphatic rings. The van der Waals surface area contributed by atoms with Gasteiger partial charge in [0.15, 0.2) is 0 Å². The number of nitrogens with zero attached hydrogens (tertiary/aromatic N) is 4. The van der Waals surface area contributed by atoms with Crippen LogP contribution in [-0.4, -0.2) is 52.2 Å². The van der Waals surface area contributed by atoms with E-state index in [4.69, 9.17) is 4.74 Å². The molecule has 4 aromatic heterocycles. The normalized spacial score (nSPS) is 12.0. The van der Waals surface area contributed by atoms with Crippen molar-refractivity contribution >= 4 is 59.5 Å². The van der Waals surface area contributed by atoms with Crippen molar-refractivity contribution in [2.75, 3.05) is 7.11 Å². The number of alkyl halides is 15. The fraction of sp³-hybridized carbons (Fsp3) is 0.149. The third-order valence-corrected chi connectivity index (χ3v) is 20.7. The molecule has 0 radical (unpaired) electrons. The Balaban J connectivity index is 0.000000139. The maximum atomic E-state index is 13.6. The van der Waals surface area contributed by atoms with Crippen LogP contribution in [-0.2, 0) is 77.3 Å². The second-order valence-electron chi connectivity index (χ2n) is 28.0. The maximum Gasteiger partial charge on any atom is 0.573 e. The van der Waals surface area contributed by atoms with Gasteiger partial charge in [0.2, 0.25) is 0 Å². The zero-order chi connectivity index (χ0) is 86.3. The minimum absolute atomic E-state index is 0.0135. The number of halogens is 17. The highest BCUT2D eigenvalue weighted by atomic mass is 79.9. The number of rotatable bonds is 18. The lowest BCUT2D eigenvalue weighted by Crippen LogP contribution is -2.17. The van der Waals surface area contributed by atoms with Gasteiger partial charge in [-0.15, -0.1) is 13.2 Å². The number of fused-ring (bicyclic) bond motifs is 4. The van der Waals surface area contributed by atoms with Crippen LogP contribution in [0.2, 0.25) is 0 Å². The quantitative estimate of drug-likeness (QED) is 0.0636. The van der Waals surface area contributed by atoms with Crippen LogP contribution in [0, 0.1) is 5.82 Å². The van der Waals surface area contributed by atoms with Gasteiger partial charge in [-0.1, -0.05) is 186 Å². The molecule has 0 amide bonds. The van der Waals surface area contributed by atoms with E-state index in [0.717, 1.165) is 69.2 Å². The molecule has 0 spiro atoms. The maximum absolute atomic E-state index is 13.6. The van der Waals surface area contributed by atoms with Gasteiger partial charge < -0.3 is 48.2 Å². The Kier molecular flexibility index (Phi) is 25.9. The Morgan fingerprint density at radius 3 is 0.818 bits per heavy atom. The molecule has 0 atom stereocenters. The van der Waals surface area contributed by atoms with Gasteiger partial charge in [0, 0.05) is 96.5 Å². The molecular formula is C94H71BrF16N4O6. The predicted molar refractivity (Wildman–Crippen MR) is 436 cm³/mol. The lowest BCUT2D eigenvalue weighted by Gasteiger charge is -2.13. The highest BCUT2D eigenvalue weighted by Gasteiger charge is 2.37. The molecular weight excluding hydrogens is 1660 g/mol. The number of aromatic nitrogens is 4. The van der Waals surface area contributed by atoms with Crippen molar-refractivity contribution < 1.29 is 100 Å². The molecule has 0 saturated heterocycles. The molecule has 16 rings (SSSR count). The number of aliphatic hydroxyl groups is 4. The number of methoxy groups -OCH3 is 1. The second kappa shape index (κ2) is 36.3. The topological polar surface area (TPSA) is 119 Å². The number of hydrogen-bond acceptors (Lipinski definition) is 6.